The van der Waals surface area contributed by atoms with E-state index in [9.17, 15) is 4.79 Å². The van der Waals surface area contributed by atoms with Crippen LogP contribution in [0.1, 0.15) is 55.5 Å². The lowest BCUT2D eigenvalue weighted by molar-refractivity contribution is -0.123. The van der Waals surface area contributed by atoms with Crippen molar-refractivity contribution >= 4 is 5.91 Å². The number of nitrogens with zero attached hydrogens (tertiary/aromatic N) is 1. The molecule has 27 heavy (non-hydrogen) atoms. The van der Waals surface area contributed by atoms with Crippen LogP contribution in [0, 0.1) is 6.92 Å². The molecule has 1 aromatic heterocycles. The van der Waals surface area contributed by atoms with Crippen LogP contribution in [0.4, 0.5) is 0 Å². The molecule has 1 fully saturated rings. The molecule has 1 N–H and O–H groups in total. The Morgan fingerprint density at radius 3 is 2.67 bits per heavy atom. The van der Waals surface area contributed by atoms with E-state index >= 15 is 0 Å². The van der Waals surface area contributed by atoms with Crippen LogP contribution in [0.3, 0.4) is 0 Å². The van der Waals surface area contributed by atoms with Gasteiger partial charge in [0.2, 0.25) is 0 Å². The summed E-state index contributed by atoms with van der Waals surface area (Å²) in [7, 11) is 0. The van der Waals surface area contributed by atoms with E-state index in [0.717, 1.165) is 24.6 Å². The van der Waals surface area contributed by atoms with Crippen LogP contribution in [-0.4, -0.2) is 37.0 Å². The molecule has 0 saturated carbocycles. The van der Waals surface area contributed by atoms with E-state index in [4.69, 9.17) is 9.15 Å². The second-order valence-corrected chi connectivity index (χ2v) is 7.54. The molecule has 146 valence electrons. The Morgan fingerprint density at radius 2 is 2.04 bits per heavy atom. The zero-order valence-corrected chi connectivity index (χ0v) is 16.5. The van der Waals surface area contributed by atoms with Gasteiger partial charge in [-0.1, -0.05) is 19.9 Å². The molecule has 3 rings (SSSR count). The predicted octanol–water partition coefficient (Wildman–Crippen LogP) is 4.04. The molecule has 1 aromatic carbocycles. The predicted molar refractivity (Wildman–Crippen MR) is 106 cm³/mol. The maximum atomic E-state index is 12.3. The van der Waals surface area contributed by atoms with Gasteiger partial charge in [-0.15, -0.1) is 0 Å². The Hall–Kier alpha value is -2.27. The first-order valence-electron chi connectivity index (χ1n) is 9.82. The normalized spacial score (nSPS) is 15.9. The summed E-state index contributed by atoms with van der Waals surface area (Å²) < 4.78 is 11.3. The molecule has 2 aromatic rings. The molecule has 1 saturated heterocycles. The lowest BCUT2D eigenvalue weighted by Crippen LogP contribution is -2.38. The SMILES string of the molecule is Cc1cc(OCC(=O)NCC(c2ccco2)N2CCCC2)ccc1C(C)C. The molecular weight excluding hydrogens is 340 g/mol. The van der Waals surface area contributed by atoms with Crippen LogP contribution in [0.25, 0.3) is 0 Å². The first kappa shape index (κ1) is 19.5. The fraction of sp³-hybridized carbons (Fsp3) is 0.500. The molecule has 0 aliphatic carbocycles. The summed E-state index contributed by atoms with van der Waals surface area (Å²) in [6.45, 7) is 9.05. The second kappa shape index (κ2) is 9.09. The number of carbonyl (C=O) groups is 1. The number of amides is 1. The van der Waals surface area contributed by atoms with Gasteiger partial charge in [0.1, 0.15) is 11.5 Å². The van der Waals surface area contributed by atoms with Crippen molar-refractivity contribution in [3.8, 4) is 5.75 Å². The Bertz CT molecular complexity index is 734. The van der Waals surface area contributed by atoms with Crippen LogP contribution in [0.5, 0.6) is 5.75 Å². The number of hydrogen-bond donors (Lipinski definition) is 1. The van der Waals surface area contributed by atoms with Gasteiger partial charge in [0.15, 0.2) is 6.61 Å². The summed E-state index contributed by atoms with van der Waals surface area (Å²) in [5, 5.41) is 3.00. The second-order valence-electron chi connectivity index (χ2n) is 7.54. The summed E-state index contributed by atoms with van der Waals surface area (Å²) >= 11 is 0. The molecule has 1 atom stereocenters. The standard InChI is InChI=1S/C22H30N2O3/c1-16(2)19-9-8-18(13-17(19)3)27-15-22(25)23-14-20(21-7-6-12-26-21)24-10-4-5-11-24/h6-9,12-13,16,20H,4-5,10-11,14-15H2,1-3H3,(H,23,25). The lowest BCUT2D eigenvalue weighted by atomic mass is 9.98. The Balaban J connectivity index is 1.52. The maximum Gasteiger partial charge on any atom is 0.258 e. The summed E-state index contributed by atoms with van der Waals surface area (Å²) in [5.41, 5.74) is 2.49. The molecule has 1 amide bonds. The highest BCUT2D eigenvalue weighted by Crippen LogP contribution is 2.25. The van der Waals surface area contributed by atoms with Gasteiger partial charge < -0.3 is 14.5 Å². The number of benzene rings is 1. The van der Waals surface area contributed by atoms with Gasteiger partial charge in [0.05, 0.1) is 12.3 Å². The van der Waals surface area contributed by atoms with Crippen LogP contribution < -0.4 is 10.1 Å². The molecule has 0 radical (unpaired) electrons. The number of aryl methyl sites for hydroxylation is 1. The molecule has 0 bridgehead atoms. The molecule has 1 aliphatic heterocycles. The fourth-order valence-electron chi connectivity index (χ4n) is 3.74. The lowest BCUT2D eigenvalue weighted by Gasteiger charge is -2.26. The Labute approximate surface area is 161 Å². The molecule has 0 spiro atoms. The van der Waals surface area contributed by atoms with Gasteiger partial charge in [0.25, 0.3) is 5.91 Å². The summed E-state index contributed by atoms with van der Waals surface area (Å²) in [4.78, 5) is 14.6. The smallest absolute Gasteiger partial charge is 0.258 e. The number of ether oxygens (including phenoxy) is 1. The van der Waals surface area contributed by atoms with Crippen molar-refractivity contribution in [2.75, 3.05) is 26.2 Å². The van der Waals surface area contributed by atoms with E-state index in [2.05, 4.69) is 37.1 Å². The average molecular weight is 370 g/mol. The van der Waals surface area contributed by atoms with Crippen LogP contribution in [0.2, 0.25) is 0 Å². The van der Waals surface area contributed by atoms with Crippen molar-refractivity contribution in [1.82, 2.24) is 10.2 Å². The van der Waals surface area contributed by atoms with Crippen LogP contribution >= 0.6 is 0 Å². The third kappa shape index (κ3) is 5.13. The topological polar surface area (TPSA) is 54.7 Å². The van der Waals surface area contributed by atoms with Crippen molar-refractivity contribution < 1.29 is 13.9 Å². The fourth-order valence-corrected chi connectivity index (χ4v) is 3.74. The number of rotatable bonds is 8. The van der Waals surface area contributed by atoms with Crippen molar-refractivity contribution in [2.24, 2.45) is 0 Å². The number of carbonyl (C=O) groups excluding carboxylic acids is 1. The van der Waals surface area contributed by atoms with Gasteiger partial charge in [-0.3, -0.25) is 9.69 Å². The van der Waals surface area contributed by atoms with Crippen LogP contribution in [0.15, 0.2) is 41.0 Å². The zero-order chi connectivity index (χ0) is 19.2. The number of furan rings is 1. The minimum absolute atomic E-state index is 0.0192. The third-order valence-electron chi connectivity index (χ3n) is 5.18. The molecule has 1 aliphatic rings. The summed E-state index contributed by atoms with van der Waals surface area (Å²) in [6.07, 6.45) is 4.08. The van der Waals surface area contributed by atoms with Crippen molar-refractivity contribution in [1.29, 1.82) is 0 Å². The quantitative estimate of drug-likeness (QED) is 0.762. The van der Waals surface area contributed by atoms with E-state index in [-0.39, 0.29) is 18.6 Å². The van der Waals surface area contributed by atoms with Gasteiger partial charge in [-0.25, -0.2) is 0 Å². The Morgan fingerprint density at radius 1 is 1.26 bits per heavy atom. The maximum absolute atomic E-state index is 12.3. The number of hydrogen-bond acceptors (Lipinski definition) is 4. The Kier molecular flexibility index (Phi) is 6.56. The highest BCUT2D eigenvalue weighted by molar-refractivity contribution is 5.77. The largest absolute Gasteiger partial charge is 0.484 e. The first-order chi connectivity index (χ1) is 13.0. The van der Waals surface area contributed by atoms with Gasteiger partial charge in [-0.2, -0.15) is 0 Å². The molecule has 5 heteroatoms. The molecule has 2 heterocycles. The molecule has 5 nitrogen and oxygen atoms in total. The summed E-state index contributed by atoms with van der Waals surface area (Å²) in [5.74, 6) is 2.00. The highest BCUT2D eigenvalue weighted by atomic mass is 16.5. The minimum Gasteiger partial charge on any atom is -0.484 e. The highest BCUT2D eigenvalue weighted by Gasteiger charge is 2.25. The summed E-state index contributed by atoms with van der Waals surface area (Å²) in [6, 6.07) is 9.97. The molecular formula is C22H30N2O3. The zero-order valence-electron chi connectivity index (χ0n) is 16.5. The van der Waals surface area contributed by atoms with E-state index in [1.165, 1.54) is 24.0 Å². The third-order valence-corrected chi connectivity index (χ3v) is 5.18. The average Bonchev–Trinajstić information content (AvgIpc) is 3.34. The number of likely N-dealkylation sites (tertiary alicyclic amines) is 1. The van der Waals surface area contributed by atoms with Crippen molar-refractivity contribution in [3.63, 3.8) is 0 Å². The van der Waals surface area contributed by atoms with Crippen molar-refractivity contribution in [3.05, 3.63) is 53.5 Å². The van der Waals surface area contributed by atoms with E-state index in [1.54, 1.807) is 6.26 Å². The van der Waals surface area contributed by atoms with E-state index < -0.39 is 0 Å². The van der Waals surface area contributed by atoms with Crippen molar-refractivity contribution in [2.45, 2.75) is 45.6 Å². The minimum atomic E-state index is -0.114. The van der Waals surface area contributed by atoms with E-state index in [0.29, 0.717) is 12.5 Å². The van der Waals surface area contributed by atoms with Gasteiger partial charge in [0, 0.05) is 6.54 Å². The monoisotopic (exact) mass is 370 g/mol. The van der Waals surface area contributed by atoms with Crippen LogP contribution in [-0.2, 0) is 4.79 Å². The van der Waals surface area contributed by atoms with E-state index in [1.807, 2.05) is 24.3 Å². The van der Waals surface area contributed by atoms with Gasteiger partial charge in [-0.05, 0) is 74.2 Å². The van der Waals surface area contributed by atoms with Gasteiger partial charge >= 0.3 is 0 Å². The first-order valence-corrected chi connectivity index (χ1v) is 9.82. The molecule has 1 unspecified atom stereocenters. The number of nitrogens with one attached hydrogen (secondary N) is 1.